The van der Waals surface area contributed by atoms with Gasteiger partial charge < -0.3 is 10.1 Å². The van der Waals surface area contributed by atoms with Crippen molar-refractivity contribution in [1.82, 2.24) is 5.32 Å². The molecule has 0 fully saturated rings. The first-order valence-electron chi connectivity index (χ1n) is 7.83. The SMILES string of the molecule is CCNCC(C)(C)CCc1ccc(OC)c2ccccc12. The Morgan fingerprint density at radius 3 is 2.43 bits per heavy atom. The lowest BCUT2D eigenvalue weighted by Gasteiger charge is -2.25. The van der Waals surface area contributed by atoms with E-state index in [2.05, 4.69) is 62.5 Å². The van der Waals surface area contributed by atoms with Crippen LogP contribution in [0.3, 0.4) is 0 Å². The molecule has 0 aromatic heterocycles. The number of rotatable bonds is 7. The van der Waals surface area contributed by atoms with E-state index >= 15 is 0 Å². The smallest absolute Gasteiger partial charge is 0.126 e. The molecule has 2 rings (SSSR count). The summed E-state index contributed by atoms with van der Waals surface area (Å²) in [5, 5.41) is 5.99. The summed E-state index contributed by atoms with van der Waals surface area (Å²) in [5.74, 6) is 0.959. The number of hydrogen-bond donors (Lipinski definition) is 1. The third kappa shape index (κ3) is 3.98. The zero-order chi connectivity index (χ0) is 15.3. The third-order valence-corrected chi connectivity index (χ3v) is 4.12. The highest BCUT2D eigenvalue weighted by atomic mass is 16.5. The van der Waals surface area contributed by atoms with Crippen LogP contribution in [0, 0.1) is 5.41 Å². The lowest BCUT2D eigenvalue weighted by molar-refractivity contribution is 0.318. The fourth-order valence-corrected chi connectivity index (χ4v) is 2.75. The lowest BCUT2D eigenvalue weighted by atomic mass is 9.85. The fourth-order valence-electron chi connectivity index (χ4n) is 2.75. The minimum absolute atomic E-state index is 0.317. The summed E-state index contributed by atoms with van der Waals surface area (Å²) in [5.41, 5.74) is 1.73. The molecular weight excluding hydrogens is 258 g/mol. The van der Waals surface area contributed by atoms with Gasteiger partial charge in [0.05, 0.1) is 7.11 Å². The zero-order valence-electron chi connectivity index (χ0n) is 13.7. The predicted molar refractivity (Wildman–Crippen MR) is 91.1 cm³/mol. The average molecular weight is 285 g/mol. The molecule has 0 atom stereocenters. The second-order valence-corrected chi connectivity index (χ2v) is 6.42. The van der Waals surface area contributed by atoms with Gasteiger partial charge in [-0.1, -0.05) is 51.1 Å². The Morgan fingerprint density at radius 2 is 1.76 bits per heavy atom. The maximum absolute atomic E-state index is 5.47. The van der Waals surface area contributed by atoms with Crippen molar-refractivity contribution < 1.29 is 4.74 Å². The summed E-state index contributed by atoms with van der Waals surface area (Å²) in [6.07, 6.45) is 2.28. The molecule has 0 amide bonds. The van der Waals surface area contributed by atoms with Crippen LogP contribution in [0.15, 0.2) is 36.4 Å². The number of nitrogens with one attached hydrogen (secondary N) is 1. The van der Waals surface area contributed by atoms with Crippen molar-refractivity contribution in [3.8, 4) is 5.75 Å². The van der Waals surface area contributed by atoms with Gasteiger partial charge in [0.2, 0.25) is 0 Å². The molecule has 2 aromatic carbocycles. The lowest BCUT2D eigenvalue weighted by Crippen LogP contribution is -2.29. The largest absolute Gasteiger partial charge is 0.496 e. The van der Waals surface area contributed by atoms with Crippen molar-refractivity contribution in [2.75, 3.05) is 20.2 Å². The molecule has 114 valence electrons. The van der Waals surface area contributed by atoms with Crippen LogP contribution in [-0.2, 0) is 6.42 Å². The Hall–Kier alpha value is -1.54. The molecule has 0 saturated carbocycles. The Labute approximate surface area is 128 Å². The van der Waals surface area contributed by atoms with Gasteiger partial charge in [0, 0.05) is 11.9 Å². The highest BCUT2D eigenvalue weighted by Crippen LogP contribution is 2.31. The Bertz CT molecular complexity index is 589. The molecule has 0 spiro atoms. The van der Waals surface area contributed by atoms with Gasteiger partial charge >= 0.3 is 0 Å². The van der Waals surface area contributed by atoms with Crippen molar-refractivity contribution in [3.63, 3.8) is 0 Å². The van der Waals surface area contributed by atoms with E-state index in [9.17, 15) is 0 Å². The molecule has 0 aliphatic heterocycles. The Balaban J connectivity index is 2.19. The van der Waals surface area contributed by atoms with Crippen LogP contribution in [0.25, 0.3) is 10.8 Å². The highest BCUT2D eigenvalue weighted by Gasteiger charge is 2.17. The summed E-state index contributed by atoms with van der Waals surface area (Å²) in [4.78, 5) is 0. The minimum atomic E-state index is 0.317. The van der Waals surface area contributed by atoms with E-state index in [1.807, 2.05) is 0 Å². The quantitative estimate of drug-likeness (QED) is 0.813. The first-order chi connectivity index (χ1) is 10.1. The van der Waals surface area contributed by atoms with Crippen molar-refractivity contribution in [1.29, 1.82) is 0 Å². The van der Waals surface area contributed by atoms with Gasteiger partial charge in [-0.15, -0.1) is 0 Å². The van der Waals surface area contributed by atoms with Crippen molar-refractivity contribution in [3.05, 3.63) is 42.0 Å². The third-order valence-electron chi connectivity index (χ3n) is 4.12. The fraction of sp³-hybridized carbons (Fsp3) is 0.474. The van der Waals surface area contributed by atoms with Gasteiger partial charge in [-0.3, -0.25) is 0 Å². The monoisotopic (exact) mass is 285 g/mol. The van der Waals surface area contributed by atoms with Gasteiger partial charge in [0.15, 0.2) is 0 Å². The maximum Gasteiger partial charge on any atom is 0.126 e. The normalized spacial score (nSPS) is 11.8. The second-order valence-electron chi connectivity index (χ2n) is 6.42. The van der Waals surface area contributed by atoms with Crippen LogP contribution in [-0.4, -0.2) is 20.2 Å². The van der Waals surface area contributed by atoms with Crippen LogP contribution >= 0.6 is 0 Å². The van der Waals surface area contributed by atoms with E-state index in [4.69, 9.17) is 4.74 Å². The van der Waals surface area contributed by atoms with Crippen molar-refractivity contribution >= 4 is 10.8 Å². The molecule has 0 unspecified atom stereocenters. The number of methoxy groups -OCH3 is 1. The summed E-state index contributed by atoms with van der Waals surface area (Å²) in [6.45, 7) is 8.93. The molecular formula is C19H27NO. The van der Waals surface area contributed by atoms with E-state index < -0.39 is 0 Å². The van der Waals surface area contributed by atoms with Crippen LogP contribution in [0.4, 0.5) is 0 Å². The number of benzene rings is 2. The molecule has 2 heteroatoms. The number of hydrogen-bond acceptors (Lipinski definition) is 2. The summed E-state index contributed by atoms with van der Waals surface area (Å²) >= 11 is 0. The molecule has 21 heavy (non-hydrogen) atoms. The molecule has 1 N–H and O–H groups in total. The minimum Gasteiger partial charge on any atom is -0.496 e. The number of ether oxygens (including phenoxy) is 1. The van der Waals surface area contributed by atoms with Crippen LogP contribution < -0.4 is 10.1 Å². The van der Waals surface area contributed by atoms with Crippen molar-refractivity contribution in [2.45, 2.75) is 33.6 Å². The van der Waals surface area contributed by atoms with E-state index in [1.54, 1.807) is 7.11 Å². The standard InChI is InChI=1S/C19H27NO/c1-5-20-14-19(2,3)13-12-15-10-11-18(21-4)17-9-7-6-8-16(15)17/h6-11,20H,5,12-14H2,1-4H3. The number of fused-ring (bicyclic) bond motifs is 1. The first-order valence-corrected chi connectivity index (χ1v) is 7.83. The molecule has 0 heterocycles. The first kappa shape index (κ1) is 15.8. The molecule has 0 aliphatic rings. The molecule has 0 aliphatic carbocycles. The zero-order valence-corrected chi connectivity index (χ0v) is 13.7. The maximum atomic E-state index is 5.47. The van der Waals surface area contributed by atoms with Crippen molar-refractivity contribution in [2.24, 2.45) is 5.41 Å². The van der Waals surface area contributed by atoms with Gasteiger partial charge in [-0.2, -0.15) is 0 Å². The van der Waals surface area contributed by atoms with Crippen LogP contribution in [0.1, 0.15) is 32.8 Å². The van der Waals surface area contributed by atoms with Crippen LogP contribution in [0.5, 0.6) is 5.75 Å². The predicted octanol–water partition coefficient (Wildman–Crippen LogP) is 4.42. The van der Waals surface area contributed by atoms with Gasteiger partial charge in [0.25, 0.3) is 0 Å². The van der Waals surface area contributed by atoms with E-state index in [1.165, 1.54) is 22.8 Å². The van der Waals surface area contributed by atoms with Gasteiger partial charge in [0.1, 0.15) is 5.75 Å². The topological polar surface area (TPSA) is 21.3 Å². The Kier molecular flexibility index (Phi) is 5.24. The molecule has 2 aromatic rings. The molecule has 2 nitrogen and oxygen atoms in total. The number of aryl methyl sites for hydroxylation is 1. The van der Waals surface area contributed by atoms with Gasteiger partial charge in [-0.25, -0.2) is 0 Å². The Morgan fingerprint density at radius 1 is 1.05 bits per heavy atom. The summed E-state index contributed by atoms with van der Waals surface area (Å²) in [7, 11) is 1.74. The summed E-state index contributed by atoms with van der Waals surface area (Å²) in [6, 6.07) is 12.8. The second kappa shape index (κ2) is 6.95. The molecule has 0 saturated heterocycles. The van der Waals surface area contributed by atoms with Gasteiger partial charge in [-0.05, 0) is 41.8 Å². The van der Waals surface area contributed by atoms with E-state index in [-0.39, 0.29) is 0 Å². The van der Waals surface area contributed by atoms with Crippen LogP contribution in [0.2, 0.25) is 0 Å². The molecule has 0 radical (unpaired) electrons. The van der Waals surface area contributed by atoms with E-state index in [0.29, 0.717) is 5.41 Å². The van der Waals surface area contributed by atoms with E-state index in [0.717, 1.165) is 25.3 Å². The average Bonchev–Trinajstić information content (AvgIpc) is 2.50. The summed E-state index contributed by atoms with van der Waals surface area (Å²) < 4.78 is 5.47. The molecule has 0 bridgehead atoms. The highest BCUT2D eigenvalue weighted by molar-refractivity contribution is 5.91.